The first-order chi connectivity index (χ1) is 7.41. The van der Waals surface area contributed by atoms with Gasteiger partial charge >= 0.3 is 6.09 Å². The Morgan fingerprint density at radius 3 is 2.31 bits per heavy atom. The standard InChI is InChI=1S/C12H26N2O2/c1-6-12(5,9-13)14(7-2)11(15)16-8-10(3)4/h10H,6-9,13H2,1-5H3. The van der Waals surface area contributed by atoms with E-state index in [1.165, 1.54) is 0 Å². The normalized spacial score (nSPS) is 14.7. The van der Waals surface area contributed by atoms with Crippen molar-refractivity contribution in [3.63, 3.8) is 0 Å². The molecule has 0 saturated carbocycles. The van der Waals surface area contributed by atoms with Gasteiger partial charge in [0.25, 0.3) is 0 Å². The molecule has 96 valence electrons. The van der Waals surface area contributed by atoms with Crippen LogP contribution in [0.1, 0.15) is 41.0 Å². The van der Waals surface area contributed by atoms with Crippen LogP contribution in [0.2, 0.25) is 0 Å². The molecule has 0 radical (unpaired) electrons. The van der Waals surface area contributed by atoms with E-state index in [1.807, 2.05) is 34.6 Å². The molecule has 1 unspecified atom stereocenters. The van der Waals surface area contributed by atoms with Gasteiger partial charge in [-0.3, -0.25) is 0 Å². The molecule has 0 saturated heterocycles. The van der Waals surface area contributed by atoms with Crippen molar-refractivity contribution in [2.24, 2.45) is 11.7 Å². The SMILES string of the molecule is CCN(C(=O)OCC(C)C)C(C)(CC)CN. The minimum atomic E-state index is -0.303. The number of ether oxygens (including phenoxy) is 1. The molecule has 0 aliphatic rings. The third-order valence-corrected chi connectivity index (χ3v) is 2.93. The van der Waals surface area contributed by atoms with Crippen LogP contribution in [0.3, 0.4) is 0 Å². The van der Waals surface area contributed by atoms with Crippen LogP contribution in [-0.4, -0.2) is 36.2 Å². The molecule has 0 aliphatic heterocycles. The van der Waals surface area contributed by atoms with Crippen molar-refractivity contribution in [1.29, 1.82) is 0 Å². The lowest BCUT2D eigenvalue weighted by Gasteiger charge is -2.38. The molecule has 0 aromatic carbocycles. The van der Waals surface area contributed by atoms with E-state index in [1.54, 1.807) is 4.90 Å². The lowest BCUT2D eigenvalue weighted by molar-refractivity contribution is 0.0526. The molecule has 4 heteroatoms. The first-order valence-corrected chi connectivity index (χ1v) is 6.05. The van der Waals surface area contributed by atoms with Gasteiger partial charge < -0.3 is 15.4 Å². The Morgan fingerprint density at radius 1 is 1.44 bits per heavy atom. The van der Waals surface area contributed by atoms with Gasteiger partial charge in [-0.2, -0.15) is 0 Å². The molecular formula is C12H26N2O2. The first kappa shape index (κ1) is 15.2. The molecule has 0 fully saturated rings. The monoisotopic (exact) mass is 230 g/mol. The zero-order valence-corrected chi connectivity index (χ0v) is 11.2. The van der Waals surface area contributed by atoms with E-state index in [0.717, 1.165) is 6.42 Å². The maximum absolute atomic E-state index is 11.9. The summed E-state index contributed by atoms with van der Waals surface area (Å²) in [5, 5.41) is 0. The zero-order chi connectivity index (χ0) is 12.8. The van der Waals surface area contributed by atoms with Gasteiger partial charge in [-0.1, -0.05) is 20.8 Å². The third kappa shape index (κ3) is 4.00. The molecule has 0 aromatic heterocycles. The smallest absolute Gasteiger partial charge is 0.410 e. The number of amides is 1. The van der Waals surface area contributed by atoms with Crippen LogP contribution in [0.4, 0.5) is 4.79 Å². The van der Waals surface area contributed by atoms with E-state index in [2.05, 4.69) is 0 Å². The van der Waals surface area contributed by atoms with Gasteiger partial charge in [-0.15, -0.1) is 0 Å². The van der Waals surface area contributed by atoms with Crippen LogP contribution in [0, 0.1) is 5.92 Å². The Kier molecular flexibility index (Phi) is 6.41. The maximum atomic E-state index is 11.9. The third-order valence-electron chi connectivity index (χ3n) is 2.93. The summed E-state index contributed by atoms with van der Waals surface area (Å²) in [5.74, 6) is 0.355. The summed E-state index contributed by atoms with van der Waals surface area (Å²) in [4.78, 5) is 13.6. The predicted octanol–water partition coefficient (Wildman–Crippen LogP) is 2.23. The predicted molar refractivity (Wildman–Crippen MR) is 66.3 cm³/mol. The lowest BCUT2D eigenvalue weighted by atomic mass is 9.97. The summed E-state index contributed by atoms with van der Waals surface area (Å²) in [6.45, 7) is 11.5. The minimum absolute atomic E-state index is 0.258. The molecule has 0 aromatic rings. The highest BCUT2D eigenvalue weighted by Gasteiger charge is 2.32. The Balaban J connectivity index is 4.53. The van der Waals surface area contributed by atoms with Crippen molar-refractivity contribution in [3.8, 4) is 0 Å². The van der Waals surface area contributed by atoms with Gasteiger partial charge in [0.2, 0.25) is 0 Å². The van der Waals surface area contributed by atoms with Crippen LogP contribution in [0.5, 0.6) is 0 Å². The molecule has 0 aliphatic carbocycles. The number of nitrogens with two attached hydrogens (primary N) is 1. The average molecular weight is 230 g/mol. The molecule has 0 bridgehead atoms. The Morgan fingerprint density at radius 2 is 2.00 bits per heavy atom. The topological polar surface area (TPSA) is 55.6 Å². The van der Waals surface area contributed by atoms with E-state index in [9.17, 15) is 4.79 Å². The number of nitrogens with zero attached hydrogens (tertiary/aromatic N) is 1. The van der Waals surface area contributed by atoms with E-state index in [4.69, 9.17) is 10.5 Å². The van der Waals surface area contributed by atoms with E-state index < -0.39 is 0 Å². The summed E-state index contributed by atoms with van der Waals surface area (Å²) in [6, 6.07) is 0. The molecule has 2 N–H and O–H groups in total. The first-order valence-electron chi connectivity index (χ1n) is 6.05. The minimum Gasteiger partial charge on any atom is -0.449 e. The number of rotatable bonds is 6. The lowest BCUT2D eigenvalue weighted by Crippen LogP contribution is -2.54. The van der Waals surface area contributed by atoms with Crippen molar-refractivity contribution >= 4 is 6.09 Å². The second-order valence-electron chi connectivity index (χ2n) is 4.77. The molecule has 16 heavy (non-hydrogen) atoms. The fourth-order valence-corrected chi connectivity index (χ4v) is 1.49. The summed E-state index contributed by atoms with van der Waals surface area (Å²) >= 11 is 0. The summed E-state index contributed by atoms with van der Waals surface area (Å²) in [5.41, 5.74) is 5.44. The second kappa shape index (κ2) is 6.74. The van der Waals surface area contributed by atoms with E-state index in [0.29, 0.717) is 25.6 Å². The van der Waals surface area contributed by atoms with Crippen molar-refractivity contribution < 1.29 is 9.53 Å². The van der Waals surface area contributed by atoms with Crippen molar-refractivity contribution in [2.45, 2.75) is 46.6 Å². The fraction of sp³-hybridized carbons (Fsp3) is 0.917. The Bertz CT molecular complexity index is 213. The fourth-order valence-electron chi connectivity index (χ4n) is 1.49. The van der Waals surface area contributed by atoms with Gasteiger partial charge in [-0.25, -0.2) is 4.79 Å². The molecule has 4 nitrogen and oxygen atoms in total. The number of hydrogen-bond acceptors (Lipinski definition) is 3. The van der Waals surface area contributed by atoms with Crippen molar-refractivity contribution in [1.82, 2.24) is 4.90 Å². The Hall–Kier alpha value is -0.770. The number of carbonyl (C=O) groups excluding carboxylic acids is 1. The molecule has 0 heterocycles. The quantitative estimate of drug-likeness (QED) is 0.761. The highest BCUT2D eigenvalue weighted by Crippen LogP contribution is 2.19. The molecule has 0 spiro atoms. The molecule has 1 atom stereocenters. The largest absolute Gasteiger partial charge is 0.449 e. The van der Waals surface area contributed by atoms with Gasteiger partial charge in [0.05, 0.1) is 12.1 Å². The van der Waals surface area contributed by atoms with Crippen LogP contribution >= 0.6 is 0 Å². The van der Waals surface area contributed by atoms with Gasteiger partial charge in [0.15, 0.2) is 0 Å². The Labute approximate surface area is 99.1 Å². The van der Waals surface area contributed by atoms with Crippen LogP contribution in [0.25, 0.3) is 0 Å². The van der Waals surface area contributed by atoms with Crippen LogP contribution in [0.15, 0.2) is 0 Å². The average Bonchev–Trinajstić information content (AvgIpc) is 2.26. The molecular weight excluding hydrogens is 204 g/mol. The van der Waals surface area contributed by atoms with E-state index in [-0.39, 0.29) is 11.6 Å². The number of likely N-dealkylation sites (N-methyl/N-ethyl adjacent to an activating group) is 1. The zero-order valence-electron chi connectivity index (χ0n) is 11.2. The van der Waals surface area contributed by atoms with Gasteiger partial charge in [0, 0.05) is 13.1 Å². The summed E-state index contributed by atoms with van der Waals surface area (Å²) in [6.07, 6.45) is 0.569. The van der Waals surface area contributed by atoms with E-state index >= 15 is 0 Å². The summed E-state index contributed by atoms with van der Waals surface area (Å²) in [7, 11) is 0. The van der Waals surface area contributed by atoms with Crippen LogP contribution in [-0.2, 0) is 4.74 Å². The van der Waals surface area contributed by atoms with Gasteiger partial charge in [0.1, 0.15) is 0 Å². The highest BCUT2D eigenvalue weighted by molar-refractivity contribution is 5.68. The van der Waals surface area contributed by atoms with Crippen molar-refractivity contribution in [2.75, 3.05) is 19.7 Å². The van der Waals surface area contributed by atoms with Gasteiger partial charge in [-0.05, 0) is 26.2 Å². The molecule has 0 rings (SSSR count). The van der Waals surface area contributed by atoms with Crippen LogP contribution < -0.4 is 5.73 Å². The highest BCUT2D eigenvalue weighted by atomic mass is 16.6. The number of carbonyl (C=O) groups is 1. The number of hydrogen-bond donors (Lipinski definition) is 1. The summed E-state index contributed by atoms with van der Waals surface area (Å²) < 4.78 is 5.24. The second-order valence-corrected chi connectivity index (χ2v) is 4.77. The maximum Gasteiger partial charge on any atom is 0.410 e. The molecule has 1 amide bonds. The van der Waals surface area contributed by atoms with Crippen molar-refractivity contribution in [3.05, 3.63) is 0 Å².